The maximum atomic E-state index is 5.98. The van der Waals surface area contributed by atoms with E-state index in [2.05, 4.69) is 23.1 Å². The molecular formula is C17H26N2O. The molecule has 1 aromatic rings. The molecule has 0 amide bonds. The Morgan fingerprint density at radius 1 is 1.25 bits per heavy atom. The van der Waals surface area contributed by atoms with Crippen molar-refractivity contribution in [1.29, 1.82) is 0 Å². The summed E-state index contributed by atoms with van der Waals surface area (Å²) in [6.07, 6.45) is 7.57. The predicted molar refractivity (Wildman–Crippen MR) is 82.2 cm³/mol. The summed E-state index contributed by atoms with van der Waals surface area (Å²) < 4.78 is 5.37. The average Bonchev–Trinajstić information content (AvgIpc) is 2.53. The van der Waals surface area contributed by atoms with E-state index in [9.17, 15) is 0 Å². The summed E-state index contributed by atoms with van der Waals surface area (Å²) in [5.74, 6) is 0.985. The Labute approximate surface area is 122 Å². The van der Waals surface area contributed by atoms with Gasteiger partial charge >= 0.3 is 0 Å². The third-order valence-electron chi connectivity index (χ3n) is 5.03. The van der Waals surface area contributed by atoms with Crippen molar-refractivity contribution < 1.29 is 4.74 Å². The maximum absolute atomic E-state index is 5.98. The second kappa shape index (κ2) is 6.15. The molecule has 0 radical (unpaired) electrons. The van der Waals surface area contributed by atoms with Crippen LogP contribution in [0.25, 0.3) is 0 Å². The first-order valence-corrected chi connectivity index (χ1v) is 7.93. The molecular weight excluding hydrogens is 248 g/mol. The Morgan fingerprint density at radius 2 is 2.15 bits per heavy atom. The van der Waals surface area contributed by atoms with Crippen LogP contribution in [0.1, 0.15) is 36.8 Å². The summed E-state index contributed by atoms with van der Waals surface area (Å²) in [5.41, 5.74) is 8.96. The molecule has 3 rings (SSSR count). The summed E-state index contributed by atoms with van der Waals surface area (Å²) in [6.45, 7) is 2.04. The number of fused-ring (bicyclic) bond motifs is 1. The molecule has 20 heavy (non-hydrogen) atoms. The van der Waals surface area contributed by atoms with Crippen molar-refractivity contribution in [3.05, 3.63) is 29.3 Å². The molecule has 0 spiro atoms. The number of rotatable bonds is 3. The molecule has 1 aliphatic carbocycles. The van der Waals surface area contributed by atoms with Crippen molar-refractivity contribution in [2.45, 2.75) is 50.6 Å². The quantitative estimate of drug-likeness (QED) is 0.919. The second-order valence-corrected chi connectivity index (χ2v) is 6.15. The number of aryl methyl sites for hydroxylation is 1. The van der Waals surface area contributed by atoms with Gasteiger partial charge in [-0.2, -0.15) is 0 Å². The molecule has 1 aliphatic heterocycles. The highest BCUT2D eigenvalue weighted by atomic mass is 16.5. The topological polar surface area (TPSA) is 38.5 Å². The van der Waals surface area contributed by atoms with Crippen molar-refractivity contribution in [3.8, 4) is 5.75 Å². The SMILES string of the molecule is COc1ccc2c(c1)CC(N1CCCCC1CN)CC2. The van der Waals surface area contributed by atoms with Crippen molar-refractivity contribution >= 4 is 0 Å². The van der Waals surface area contributed by atoms with E-state index in [1.165, 1.54) is 49.8 Å². The van der Waals surface area contributed by atoms with Crippen LogP contribution in [-0.4, -0.2) is 37.2 Å². The van der Waals surface area contributed by atoms with Gasteiger partial charge in [-0.1, -0.05) is 12.5 Å². The molecule has 2 atom stereocenters. The van der Waals surface area contributed by atoms with Gasteiger partial charge in [-0.25, -0.2) is 0 Å². The van der Waals surface area contributed by atoms with Gasteiger partial charge < -0.3 is 10.5 Å². The highest BCUT2D eigenvalue weighted by Gasteiger charge is 2.30. The van der Waals surface area contributed by atoms with Crippen molar-refractivity contribution in [3.63, 3.8) is 0 Å². The van der Waals surface area contributed by atoms with Gasteiger partial charge in [0.2, 0.25) is 0 Å². The third-order valence-corrected chi connectivity index (χ3v) is 5.03. The highest BCUT2D eigenvalue weighted by molar-refractivity contribution is 5.38. The molecule has 2 N–H and O–H groups in total. The summed E-state index contributed by atoms with van der Waals surface area (Å²) >= 11 is 0. The Bertz CT molecular complexity index is 460. The lowest BCUT2D eigenvalue weighted by atomic mass is 9.85. The summed E-state index contributed by atoms with van der Waals surface area (Å²) in [6, 6.07) is 7.82. The van der Waals surface area contributed by atoms with Gasteiger partial charge in [0.25, 0.3) is 0 Å². The van der Waals surface area contributed by atoms with Gasteiger partial charge in [0, 0.05) is 18.6 Å². The smallest absolute Gasteiger partial charge is 0.119 e. The van der Waals surface area contributed by atoms with E-state index in [0.717, 1.165) is 18.7 Å². The monoisotopic (exact) mass is 274 g/mol. The fourth-order valence-electron chi connectivity index (χ4n) is 3.88. The molecule has 1 saturated heterocycles. The molecule has 3 heteroatoms. The zero-order chi connectivity index (χ0) is 13.9. The molecule has 1 fully saturated rings. The van der Waals surface area contributed by atoms with E-state index < -0.39 is 0 Å². The zero-order valence-corrected chi connectivity index (χ0v) is 12.5. The van der Waals surface area contributed by atoms with Crippen LogP contribution >= 0.6 is 0 Å². The summed E-state index contributed by atoms with van der Waals surface area (Å²) in [5, 5.41) is 0. The first-order chi connectivity index (χ1) is 9.81. The van der Waals surface area contributed by atoms with E-state index in [0.29, 0.717) is 12.1 Å². The summed E-state index contributed by atoms with van der Waals surface area (Å²) in [4.78, 5) is 2.69. The van der Waals surface area contributed by atoms with Crippen LogP contribution in [0.5, 0.6) is 5.75 Å². The molecule has 0 bridgehead atoms. The van der Waals surface area contributed by atoms with Crippen LogP contribution in [0.4, 0.5) is 0 Å². The molecule has 110 valence electrons. The van der Waals surface area contributed by atoms with Gasteiger partial charge in [-0.05, 0) is 61.9 Å². The minimum atomic E-state index is 0.598. The second-order valence-electron chi connectivity index (χ2n) is 6.15. The maximum Gasteiger partial charge on any atom is 0.119 e. The van der Waals surface area contributed by atoms with Crippen LogP contribution < -0.4 is 10.5 Å². The molecule has 3 nitrogen and oxygen atoms in total. The van der Waals surface area contributed by atoms with Crippen LogP contribution in [0.15, 0.2) is 18.2 Å². The molecule has 1 heterocycles. The molecule has 2 unspecified atom stereocenters. The van der Waals surface area contributed by atoms with Crippen molar-refractivity contribution in [1.82, 2.24) is 4.90 Å². The van der Waals surface area contributed by atoms with E-state index in [1.807, 2.05) is 0 Å². The van der Waals surface area contributed by atoms with Gasteiger partial charge in [-0.15, -0.1) is 0 Å². The van der Waals surface area contributed by atoms with Crippen LogP contribution in [0.2, 0.25) is 0 Å². The first-order valence-electron chi connectivity index (χ1n) is 7.93. The molecule has 0 saturated carbocycles. The van der Waals surface area contributed by atoms with Crippen LogP contribution in [-0.2, 0) is 12.8 Å². The Kier molecular flexibility index (Phi) is 4.27. The largest absolute Gasteiger partial charge is 0.497 e. The zero-order valence-electron chi connectivity index (χ0n) is 12.5. The normalized spacial score (nSPS) is 27.1. The van der Waals surface area contributed by atoms with E-state index in [-0.39, 0.29) is 0 Å². The van der Waals surface area contributed by atoms with Crippen molar-refractivity contribution in [2.75, 3.05) is 20.2 Å². The minimum Gasteiger partial charge on any atom is -0.497 e. The Hall–Kier alpha value is -1.06. The average molecular weight is 274 g/mol. The molecule has 1 aromatic carbocycles. The number of likely N-dealkylation sites (tertiary alicyclic amines) is 1. The third kappa shape index (κ3) is 2.70. The standard InChI is InChI=1S/C17H26N2O/c1-20-17-8-6-13-5-7-15(10-14(13)11-17)19-9-3-2-4-16(19)12-18/h6,8,11,15-16H,2-5,7,9-10,12,18H2,1H3. The fourth-order valence-corrected chi connectivity index (χ4v) is 3.88. The number of methoxy groups -OCH3 is 1. The number of benzene rings is 1. The number of nitrogens with zero attached hydrogens (tertiary/aromatic N) is 1. The van der Waals surface area contributed by atoms with Crippen LogP contribution in [0, 0.1) is 0 Å². The lowest BCUT2D eigenvalue weighted by Crippen LogP contribution is -2.51. The Morgan fingerprint density at radius 3 is 2.95 bits per heavy atom. The van der Waals surface area contributed by atoms with Crippen LogP contribution in [0.3, 0.4) is 0 Å². The lowest BCUT2D eigenvalue weighted by molar-refractivity contribution is 0.0902. The van der Waals surface area contributed by atoms with Gasteiger partial charge in [-0.3, -0.25) is 4.90 Å². The number of piperidine rings is 1. The number of ether oxygens (including phenoxy) is 1. The van der Waals surface area contributed by atoms with Gasteiger partial charge in [0.15, 0.2) is 0 Å². The highest BCUT2D eigenvalue weighted by Crippen LogP contribution is 2.30. The molecule has 2 aliphatic rings. The Balaban J connectivity index is 1.76. The number of hydrogen-bond donors (Lipinski definition) is 1. The van der Waals surface area contributed by atoms with E-state index in [4.69, 9.17) is 10.5 Å². The predicted octanol–water partition coefficient (Wildman–Crippen LogP) is 2.37. The first kappa shape index (κ1) is 13.9. The van der Waals surface area contributed by atoms with E-state index in [1.54, 1.807) is 7.11 Å². The fraction of sp³-hybridized carbons (Fsp3) is 0.647. The summed E-state index contributed by atoms with van der Waals surface area (Å²) in [7, 11) is 1.75. The number of nitrogens with two attached hydrogens (primary N) is 1. The van der Waals surface area contributed by atoms with Gasteiger partial charge in [0.05, 0.1) is 7.11 Å². The van der Waals surface area contributed by atoms with Crippen molar-refractivity contribution in [2.24, 2.45) is 5.73 Å². The minimum absolute atomic E-state index is 0.598. The lowest BCUT2D eigenvalue weighted by Gasteiger charge is -2.42. The van der Waals surface area contributed by atoms with E-state index >= 15 is 0 Å². The van der Waals surface area contributed by atoms with Gasteiger partial charge in [0.1, 0.15) is 5.75 Å². The number of hydrogen-bond acceptors (Lipinski definition) is 3. The molecule has 0 aromatic heterocycles.